The molecule has 3 heterocycles. The molecule has 1 aromatic carbocycles. The number of ether oxygens (including phenoxy) is 1. The molecule has 2 fully saturated rings. The van der Waals surface area contributed by atoms with Gasteiger partial charge in [-0.05, 0) is 49.9 Å². The first-order chi connectivity index (χ1) is 13.2. The standard InChI is InChI=1S/C22H24N2O3/c25-19-15-22(27-20-7-2-1-5-17(19)20)10-4-12-23(14-11-22)21(26)18-6-3-13-24(18)16-8-9-16/h1-3,5-7,13,16H,4,8-12,14-15H2. The number of rotatable bonds is 2. The monoisotopic (exact) mass is 364 g/mol. The molecule has 140 valence electrons. The van der Waals surface area contributed by atoms with Gasteiger partial charge in [0.25, 0.3) is 5.91 Å². The van der Waals surface area contributed by atoms with Crippen LogP contribution in [0.15, 0.2) is 42.6 Å². The van der Waals surface area contributed by atoms with Gasteiger partial charge in [0, 0.05) is 31.7 Å². The normalized spacial score (nSPS) is 25.0. The second-order valence-corrected chi connectivity index (χ2v) is 8.06. The van der Waals surface area contributed by atoms with Gasteiger partial charge in [-0.1, -0.05) is 12.1 Å². The summed E-state index contributed by atoms with van der Waals surface area (Å²) in [6, 6.07) is 11.9. The van der Waals surface area contributed by atoms with Crippen molar-refractivity contribution in [3.8, 4) is 5.75 Å². The number of hydrogen-bond acceptors (Lipinski definition) is 3. The van der Waals surface area contributed by atoms with Crippen LogP contribution in [-0.2, 0) is 0 Å². The van der Waals surface area contributed by atoms with Gasteiger partial charge in [0.15, 0.2) is 5.78 Å². The average molecular weight is 364 g/mol. The number of amides is 1. The number of ketones is 1. The maximum absolute atomic E-state index is 13.1. The van der Waals surface area contributed by atoms with Gasteiger partial charge in [-0.3, -0.25) is 9.59 Å². The Morgan fingerprint density at radius 2 is 1.93 bits per heavy atom. The predicted molar refractivity (Wildman–Crippen MR) is 101 cm³/mol. The first-order valence-corrected chi connectivity index (χ1v) is 9.93. The van der Waals surface area contributed by atoms with Crippen LogP contribution in [0.5, 0.6) is 5.75 Å². The lowest BCUT2D eigenvalue weighted by atomic mass is 9.84. The lowest BCUT2D eigenvalue weighted by Gasteiger charge is -2.37. The van der Waals surface area contributed by atoms with Crippen molar-refractivity contribution in [2.24, 2.45) is 0 Å². The summed E-state index contributed by atoms with van der Waals surface area (Å²) < 4.78 is 8.46. The van der Waals surface area contributed by atoms with Crippen LogP contribution < -0.4 is 4.74 Å². The highest BCUT2D eigenvalue weighted by Gasteiger charge is 2.42. The minimum Gasteiger partial charge on any atom is -0.486 e. The summed E-state index contributed by atoms with van der Waals surface area (Å²) in [6.45, 7) is 1.35. The molecule has 3 aliphatic rings. The zero-order valence-corrected chi connectivity index (χ0v) is 15.4. The van der Waals surface area contributed by atoms with Gasteiger partial charge in [-0.2, -0.15) is 0 Å². The van der Waals surface area contributed by atoms with Crippen molar-refractivity contribution in [1.82, 2.24) is 9.47 Å². The van der Waals surface area contributed by atoms with E-state index < -0.39 is 5.60 Å². The lowest BCUT2D eigenvalue weighted by molar-refractivity contribution is 0.0300. The summed E-state index contributed by atoms with van der Waals surface area (Å²) >= 11 is 0. The number of aromatic nitrogens is 1. The first-order valence-electron chi connectivity index (χ1n) is 9.93. The highest BCUT2D eigenvalue weighted by molar-refractivity contribution is 6.00. The Balaban J connectivity index is 1.34. The summed E-state index contributed by atoms with van der Waals surface area (Å²) in [5, 5.41) is 0. The molecule has 1 saturated carbocycles. The van der Waals surface area contributed by atoms with Gasteiger partial charge in [-0.15, -0.1) is 0 Å². The van der Waals surface area contributed by atoms with Crippen molar-refractivity contribution in [1.29, 1.82) is 0 Å². The Bertz CT molecular complexity index is 898. The Morgan fingerprint density at radius 3 is 2.78 bits per heavy atom. The van der Waals surface area contributed by atoms with Crippen LogP contribution in [0, 0.1) is 0 Å². The van der Waals surface area contributed by atoms with E-state index in [1.807, 2.05) is 47.5 Å². The van der Waals surface area contributed by atoms with Gasteiger partial charge < -0.3 is 14.2 Å². The molecule has 1 atom stereocenters. The number of Topliss-reactive ketones (excluding diaryl/α,β-unsaturated/α-hetero) is 1. The highest BCUT2D eigenvalue weighted by Crippen LogP contribution is 2.40. The minimum atomic E-state index is -0.473. The van der Waals surface area contributed by atoms with Crippen molar-refractivity contribution in [2.75, 3.05) is 13.1 Å². The molecule has 5 rings (SSSR count). The molecular weight excluding hydrogens is 340 g/mol. The van der Waals surface area contributed by atoms with Gasteiger partial charge in [0.1, 0.15) is 17.0 Å². The molecule has 1 amide bonds. The van der Waals surface area contributed by atoms with E-state index in [1.54, 1.807) is 0 Å². The third-order valence-electron chi connectivity index (χ3n) is 6.12. The first kappa shape index (κ1) is 16.6. The Kier molecular flexibility index (Phi) is 3.85. The number of benzene rings is 1. The van der Waals surface area contributed by atoms with Crippen molar-refractivity contribution < 1.29 is 14.3 Å². The molecule has 0 bridgehead atoms. The molecule has 1 aliphatic carbocycles. The summed E-state index contributed by atoms with van der Waals surface area (Å²) in [5.74, 6) is 0.946. The SMILES string of the molecule is O=C1CC2(CCCN(C(=O)c3cccn3C3CC3)CC2)Oc2ccccc21. The summed E-state index contributed by atoms with van der Waals surface area (Å²) in [5.41, 5.74) is 1.00. The number of nitrogens with zero attached hydrogens (tertiary/aromatic N) is 2. The number of hydrogen-bond donors (Lipinski definition) is 0. The second-order valence-electron chi connectivity index (χ2n) is 8.06. The van der Waals surface area contributed by atoms with Crippen molar-refractivity contribution in [2.45, 2.75) is 50.2 Å². The van der Waals surface area contributed by atoms with E-state index in [9.17, 15) is 9.59 Å². The van der Waals surface area contributed by atoms with Crippen LogP contribution in [-0.4, -0.2) is 39.8 Å². The Morgan fingerprint density at radius 1 is 1.07 bits per heavy atom. The topological polar surface area (TPSA) is 51.5 Å². The zero-order chi connectivity index (χ0) is 18.4. The van der Waals surface area contributed by atoms with E-state index >= 15 is 0 Å². The lowest BCUT2D eigenvalue weighted by Crippen LogP contribution is -2.43. The molecule has 5 heteroatoms. The Hall–Kier alpha value is -2.56. The molecular formula is C22H24N2O3. The van der Waals surface area contributed by atoms with E-state index in [1.165, 1.54) is 0 Å². The van der Waals surface area contributed by atoms with Crippen LogP contribution in [0.1, 0.15) is 65.4 Å². The fraction of sp³-hybridized carbons (Fsp3) is 0.455. The van der Waals surface area contributed by atoms with Crippen LogP contribution >= 0.6 is 0 Å². The van der Waals surface area contributed by atoms with Crippen LogP contribution in [0.25, 0.3) is 0 Å². The molecule has 0 N–H and O–H groups in total. The largest absolute Gasteiger partial charge is 0.486 e. The molecule has 27 heavy (non-hydrogen) atoms. The van der Waals surface area contributed by atoms with E-state index in [0.717, 1.165) is 37.9 Å². The third kappa shape index (κ3) is 2.95. The van der Waals surface area contributed by atoms with Crippen molar-refractivity contribution in [3.05, 3.63) is 53.9 Å². The molecule has 2 aliphatic heterocycles. The van der Waals surface area contributed by atoms with Crippen LogP contribution in [0.4, 0.5) is 0 Å². The second kappa shape index (κ2) is 6.25. The summed E-state index contributed by atoms with van der Waals surface area (Å²) in [7, 11) is 0. The van der Waals surface area contributed by atoms with E-state index in [0.29, 0.717) is 36.7 Å². The minimum absolute atomic E-state index is 0.103. The van der Waals surface area contributed by atoms with Crippen molar-refractivity contribution >= 4 is 11.7 Å². The molecule has 1 aromatic heterocycles. The van der Waals surface area contributed by atoms with Gasteiger partial charge in [0.2, 0.25) is 0 Å². The maximum atomic E-state index is 13.1. The fourth-order valence-electron chi connectivity index (χ4n) is 4.50. The maximum Gasteiger partial charge on any atom is 0.270 e. The highest BCUT2D eigenvalue weighted by atomic mass is 16.5. The molecule has 2 aromatic rings. The van der Waals surface area contributed by atoms with E-state index in [2.05, 4.69) is 4.57 Å². The number of fused-ring (bicyclic) bond motifs is 1. The van der Waals surface area contributed by atoms with Crippen LogP contribution in [0.2, 0.25) is 0 Å². The third-order valence-corrected chi connectivity index (χ3v) is 6.12. The molecule has 1 unspecified atom stereocenters. The fourth-order valence-corrected chi connectivity index (χ4v) is 4.50. The summed E-state index contributed by atoms with van der Waals surface area (Å²) in [6.07, 6.45) is 7.10. The smallest absolute Gasteiger partial charge is 0.270 e. The molecule has 1 spiro atoms. The number of para-hydroxylation sites is 1. The quantitative estimate of drug-likeness (QED) is 0.813. The van der Waals surface area contributed by atoms with Gasteiger partial charge in [0.05, 0.1) is 12.0 Å². The Labute approximate surface area is 158 Å². The van der Waals surface area contributed by atoms with Crippen molar-refractivity contribution in [3.63, 3.8) is 0 Å². The van der Waals surface area contributed by atoms with Crippen LogP contribution in [0.3, 0.4) is 0 Å². The predicted octanol–water partition coefficient (Wildman–Crippen LogP) is 3.85. The molecule has 0 radical (unpaired) electrons. The average Bonchev–Trinajstić information content (AvgIpc) is 3.44. The van der Waals surface area contributed by atoms with Gasteiger partial charge >= 0.3 is 0 Å². The number of carbonyl (C=O) groups excluding carboxylic acids is 2. The van der Waals surface area contributed by atoms with E-state index in [-0.39, 0.29) is 11.7 Å². The number of likely N-dealkylation sites (tertiary alicyclic amines) is 1. The van der Waals surface area contributed by atoms with Gasteiger partial charge in [-0.25, -0.2) is 0 Å². The molecule has 5 nitrogen and oxygen atoms in total. The number of carbonyl (C=O) groups is 2. The zero-order valence-electron chi connectivity index (χ0n) is 15.4. The molecule has 1 saturated heterocycles. The van der Waals surface area contributed by atoms with E-state index in [4.69, 9.17) is 4.74 Å². The summed E-state index contributed by atoms with van der Waals surface area (Å²) in [4.78, 5) is 27.7.